The van der Waals surface area contributed by atoms with Crippen LogP contribution in [0.25, 0.3) is 5.69 Å². The van der Waals surface area contributed by atoms with Gasteiger partial charge in [-0.25, -0.2) is 4.68 Å². The lowest BCUT2D eigenvalue weighted by Gasteiger charge is -2.34. The van der Waals surface area contributed by atoms with Gasteiger partial charge in [0.15, 0.2) is 0 Å². The van der Waals surface area contributed by atoms with Gasteiger partial charge in [-0.2, -0.15) is 5.10 Å². The molecule has 3 rings (SSSR count). The van der Waals surface area contributed by atoms with Crippen LogP contribution >= 0.6 is 0 Å². The van der Waals surface area contributed by atoms with Crippen molar-refractivity contribution in [2.24, 2.45) is 5.92 Å². The normalized spacial score (nSPS) is 15.3. The predicted octanol–water partition coefficient (Wildman–Crippen LogP) is 3.17. The molecule has 28 heavy (non-hydrogen) atoms. The minimum Gasteiger partial charge on any atom is -0.497 e. The first-order valence-corrected chi connectivity index (χ1v) is 10.2. The van der Waals surface area contributed by atoms with Crippen LogP contribution in [0.5, 0.6) is 5.75 Å². The molecule has 1 aromatic heterocycles. The number of rotatable bonds is 6. The van der Waals surface area contributed by atoms with Gasteiger partial charge in [0, 0.05) is 26.2 Å². The smallest absolute Gasteiger partial charge is 0.257 e. The highest BCUT2D eigenvalue weighted by molar-refractivity contribution is 5.96. The van der Waals surface area contributed by atoms with E-state index in [-0.39, 0.29) is 5.91 Å². The van der Waals surface area contributed by atoms with Gasteiger partial charge in [0.05, 0.1) is 29.7 Å². The van der Waals surface area contributed by atoms with Crippen molar-refractivity contribution in [1.29, 1.82) is 0 Å². The van der Waals surface area contributed by atoms with E-state index in [0.29, 0.717) is 5.92 Å². The molecular formula is C22H32N4O2. The lowest BCUT2D eigenvalue weighted by atomic mass is 10.0. The minimum atomic E-state index is 0.115. The highest BCUT2D eigenvalue weighted by atomic mass is 16.5. The van der Waals surface area contributed by atoms with Crippen LogP contribution in [-0.2, 0) is 6.42 Å². The highest BCUT2D eigenvalue weighted by Gasteiger charge is 2.28. The molecule has 0 aliphatic carbocycles. The van der Waals surface area contributed by atoms with E-state index in [2.05, 4.69) is 25.7 Å². The summed E-state index contributed by atoms with van der Waals surface area (Å²) in [6.07, 6.45) is 0.792. The highest BCUT2D eigenvalue weighted by Crippen LogP contribution is 2.24. The Morgan fingerprint density at radius 1 is 1.14 bits per heavy atom. The molecule has 6 nitrogen and oxygen atoms in total. The molecule has 0 unspecified atom stereocenters. The molecular weight excluding hydrogens is 352 g/mol. The first-order chi connectivity index (χ1) is 13.4. The molecule has 1 aliphatic heterocycles. The largest absolute Gasteiger partial charge is 0.497 e. The summed E-state index contributed by atoms with van der Waals surface area (Å²) in [5.74, 6) is 1.35. The SMILES string of the molecule is CCN1CCN(C(=O)c2c(CC(C)C)nn(-c3ccc(OC)cc3)c2C)CC1. The van der Waals surface area contributed by atoms with Gasteiger partial charge in [-0.15, -0.1) is 0 Å². The van der Waals surface area contributed by atoms with Gasteiger partial charge in [-0.3, -0.25) is 4.79 Å². The predicted molar refractivity (Wildman–Crippen MR) is 111 cm³/mol. The van der Waals surface area contributed by atoms with Crippen LogP contribution in [0, 0.1) is 12.8 Å². The fourth-order valence-electron chi connectivity index (χ4n) is 3.77. The molecule has 0 saturated carbocycles. The quantitative estimate of drug-likeness (QED) is 0.768. The van der Waals surface area contributed by atoms with Gasteiger partial charge in [-0.05, 0) is 50.1 Å². The molecule has 1 saturated heterocycles. The number of carbonyl (C=O) groups is 1. The van der Waals surface area contributed by atoms with Crippen molar-refractivity contribution in [3.8, 4) is 11.4 Å². The second-order valence-electron chi connectivity index (χ2n) is 7.84. The zero-order chi connectivity index (χ0) is 20.3. The number of hydrogen-bond donors (Lipinski definition) is 0. The molecule has 0 N–H and O–H groups in total. The number of hydrogen-bond acceptors (Lipinski definition) is 4. The summed E-state index contributed by atoms with van der Waals surface area (Å²) in [5, 5.41) is 4.84. The van der Waals surface area contributed by atoms with Gasteiger partial charge in [0.1, 0.15) is 5.75 Å². The topological polar surface area (TPSA) is 50.6 Å². The maximum atomic E-state index is 13.4. The Balaban J connectivity index is 1.94. The van der Waals surface area contributed by atoms with Crippen LogP contribution in [0.15, 0.2) is 24.3 Å². The molecule has 1 aliphatic rings. The van der Waals surface area contributed by atoms with E-state index in [1.165, 1.54) is 0 Å². The fraction of sp³-hybridized carbons (Fsp3) is 0.545. The molecule has 0 atom stereocenters. The van der Waals surface area contributed by atoms with Gasteiger partial charge in [0.2, 0.25) is 0 Å². The Hall–Kier alpha value is -2.34. The van der Waals surface area contributed by atoms with E-state index >= 15 is 0 Å². The van der Waals surface area contributed by atoms with E-state index in [1.807, 2.05) is 40.8 Å². The number of aromatic nitrogens is 2. The van der Waals surface area contributed by atoms with Crippen molar-refractivity contribution in [3.05, 3.63) is 41.2 Å². The second kappa shape index (κ2) is 8.78. The molecule has 1 aromatic carbocycles. The van der Waals surface area contributed by atoms with Gasteiger partial charge in [-0.1, -0.05) is 20.8 Å². The molecule has 0 bridgehead atoms. The molecule has 1 fully saturated rings. The number of carbonyl (C=O) groups excluding carboxylic acids is 1. The molecule has 152 valence electrons. The van der Waals surface area contributed by atoms with Gasteiger partial charge in [0.25, 0.3) is 5.91 Å². The Bertz CT molecular complexity index is 803. The molecule has 2 heterocycles. The van der Waals surface area contributed by atoms with Crippen LogP contribution in [0.2, 0.25) is 0 Å². The Morgan fingerprint density at radius 3 is 2.32 bits per heavy atom. The number of nitrogens with zero attached hydrogens (tertiary/aromatic N) is 4. The minimum absolute atomic E-state index is 0.115. The summed E-state index contributed by atoms with van der Waals surface area (Å²) in [4.78, 5) is 17.8. The number of likely N-dealkylation sites (N-methyl/N-ethyl adjacent to an activating group) is 1. The number of amides is 1. The summed E-state index contributed by atoms with van der Waals surface area (Å²) in [6.45, 7) is 13.0. The van der Waals surface area contributed by atoms with E-state index in [1.54, 1.807) is 7.11 Å². The van der Waals surface area contributed by atoms with Crippen LogP contribution in [0.1, 0.15) is 42.5 Å². The Labute approximate surface area is 168 Å². The van der Waals surface area contributed by atoms with Crippen molar-refractivity contribution in [2.45, 2.75) is 34.1 Å². The number of benzene rings is 1. The average molecular weight is 385 g/mol. The van der Waals surface area contributed by atoms with Crippen molar-refractivity contribution >= 4 is 5.91 Å². The van der Waals surface area contributed by atoms with Gasteiger partial charge >= 0.3 is 0 Å². The monoisotopic (exact) mass is 384 g/mol. The molecule has 6 heteroatoms. The van der Waals surface area contributed by atoms with Crippen molar-refractivity contribution in [2.75, 3.05) is 39.8 Å². The average Bonchev–Trinajstić information content (AvgIpc) is 3.02. The van der Waals surface area contributed by atoms with Crippen molar-refractivity contribution in [1.82, 2.24) is 19.6 Å². The maximum Gasteiger partial charge on any atom is 0.257 e. The van der Waals surface area contributed by atoms with E-state index in [9.17, 15) is 4.79 Å². The first-order valence-electron chi connectivity index (χ1n) is 10.2. The zero-order valence-corrected chi connectivity index (χ0v) is 17.7. The summed E-state index contributed by atoms with van der Waals surface area (Å²) in [6, 6.07) is 7.80. The Morgan fingerprint density at radius 2 is 1.79 bits per heavy atom. The molecule has 2 aromatic rings. The summed E-state index contributed by atoms with van der Waals surface area (Å²) in [5.41, 5.74) is 3.52. The third kappa shape index (κ3) is 4.22. The van der Waals surface area contributed by atoms with Crippen LogP contribution in [-0.4, -0.2) is 65.3 Å². The number of piperazine rings is 1. The van der Waals surface area contributed by atoms with Crippen molar-refractivity contribution in [3.63, 3.8) is 0 Å². The third-order valence-electron chi connectivity index (χ3n) is 5.43. The first kappa shape index (κ1) is 20.4. The van der Waals surface area contributed by atoms with E-state index in [4.69, 9.17) is 9.84 Å². The fourth-order valence-corrected chi connectivity index (χ4v) is 3.77. The van der Waals surface area contributed by atoms with Crippen LogP contribution in [0.3, 0.4) is 0 Å². The third-order valence-corrected chi connectivity index (χ3v) is 5.43. The molecule has 1 amide bonds. The lowest BCUT2D eigenvalue weighted by molar-refractivity contribution is 0.0641. The Kier molecular flexibility index (Phi) is 6.39. The number of ether oxygens (including phenoxy) is 1. The van der Waals surface area contributed by atoms with E-state index < -0.39 is 0 Å². The number of methoxy groups -OCH3 is 1. The summed E-state index contributed by atoms with van der Waals surface area (Å²) in [7, 11) is 1.66. The lowest BCUT2D eigenvalue weighted by Crippen LogP contribution is -2.48. The zero-order valence-electron chi connectivity index (χ0n) is 17.7. The van der Waals surface area contributed by atoms with Gasteiger partial charge < -0.3 is 14.5 Å². The van der Waals surface area contributed by atoms with E-state index in [0.717, 1.165) is 67.5 Å². The van der Waals surface area contributed by atoms with Crippen LogP contribution < -0.4 is 4.74 Å². The van der Waals surface area contributed by atoms with Crippen molar-refractivity contribution < 1.29 is 9.53 Å². The second-order valence-corrected chi connectivity index (χ2v) is 7.84. The summed E-state index contributed by atoms with van der Waals surface area (Å²) < 4.78 is 7.15. The maximum absolute atomic E-state index is 13.4. The van der Waals surface area contributed by atoms with Crippen LogP contribution in [0.4, 0.5) is 0 Å². The summed E-state index contributed by atoms with van der Waals surface area (Å²) >= 11 is 0. The molecule has 0 radical (unpaired) electrons. The standard InChI is InChI=1S/C22H32N4O2/c1-6-24-11-13-25(14-12-24)22(27)21-17(4)26(23-20(21)15-16(2)3)18-7-9-19(28-5)10-8-18/h7-10,16H,6,11-15H2,1-5H3. The molecule has 0 spiro atoms.